The van der Waals surface area contributed by atoms with Crippen molar-refractivity contribution in [3.8, 4) is 5.75 Å². The fourth-order valence-corrected chi connectivity index (χ4v) is 2.65. The number of nitrogens with zero attached hydrogens (tertiary/aromatic N) is 2. The fourth-order valence-electron chi connectivity index (χ4n) is 1.82. The lowest BCUT2D eigenvalue weighted by molar-refractivity contribution is 0.319. The SMILES string of the molecule is Cc1cc(S(=O)(=O)Cl)ccc1OCCc1cnn(C)c1. The number of halogens is 1. The monoisotopic (exact) mass is 314 g/mol. The van der Waals surface area contributed by atoms with Crippen LogP contribution < -0.4 is 4.74 Å². The second kappa shape index (κ2) is 5.85. The van der Waals surface area contributed by atoms with Gasteiger partial charge in [-0.3, -0.25) is 4.68 Å². The van der Waals surface area contributed by atoms with Gasteiger partial charge in [-0.15, -0.1) is 0 Å². The second-order valence-corrected chi connectivity index (χ2v) is 7.05. The van der Waals surface area contributed by atoms with Crippen molar-refractivity contribution in [2.24, 2.45) is 7.05 Å². The van der Waals surface area contributed by atoms with Gasteiger partial charge in [0.25, 0.3) is 9.05 Å². The van der Waals surface area contributed by atoms with E-state index < -0.39 is 9.05 Å². The summed E-state index contributed by atoms with van der Waals surface area (Å²) < 4.78 is 29.8. The van der Waals surface area contributed by atoms with E-state index in [0.29, 0.717) is 12.4 Å². The van der Waals surface area contributed by atoms with E-state index in [1.165, 1.54) is 12.1 Å². The van der Waals surface area contributed by atoms with Crippen LogP contribution in [0.1, 0.15) is 11.1 Å². The molecule has 2 aromatic rings. The number of hydrogen-bond acceptors (Lipinski definition) is 4. The summed E-state index contributed by atoms with van der Waals surface area (Å²) in [6.07, 6.45) is 4.46. The lowest BCUT2D eigenvalue weighted by Gasteiger charge is -2.09. The second-order valence-electron chi connectivity index (χ2n) is 4.49. The summed E-state index contributed by atoms with van der Waals surface area (Å²) in [5.74, 6) is 0.651. The molecule has 0 amide bonds. The Hall–Kier alpha value is -1.53. The lowest BCUT2D eigenvalue weighted by Crippen LogP contribution is -2.02. The molecular formula is C13H15ClN2O3S. The topological polar surface area (TPSA) is 61.2 Å². The molecule has 5 nitrogen and oxygen atoms in total. The fraction of sp³-hybridized carbons (Fsp3) is 0.308. The Kier molecular flexibility index (Phi) is 4.35. The average Bonchev–Trinajstić information content (AvgIpc) is 2.76. The molecule has 1 aromatic heterocycles. The van der Waals surface area contributed by atoms with Crippen molar-refractivity contribution in [3.63, 3.8) is 0 Å². The van der Waals surface area contributed by atoms with E-state index in [-0.39, 0.29) is 4.90 Å². The van der Waals surface area contributed by atoms with Crippen molar-refractivity contribution >= 4 is 19.7 Å². The molecule has 0 bridgehead atoms. The molecule has 0 saturated heterocycles. The Balaban J connectivity index is 2.00. The van der Waals surface area contributed by atoms with Crippen molar-refractivity contribution in [2.45, 2.75) is 18.2 Å². The zero-order valence-corrected chi connectivity index (χ0v) is 12.8. The maximum Gasteiger partial charge on any atom is 0.261 e. The summed E-state index contributed by atoms with van der Waals surface area (Å²) in [4.78, 5) is 0.0799. The van der Waals surface area contributed by atoms with Crippen molar-refractivity contribution in [3.05, 3.63) is 41.7 Å². The average molecular weight is 315 g/mol. The van der Waals surface area contributed by atoms with Crippen molar-refractivity contribution in [1.29, 1.82) is 0 Å². The Morgan fingerprint density at radius 3 is 2.70 bits per heavy atom. The number of rotatable bonds is 5. The molecule has 0 radical (unpaired) electrons. The first-order chi connectivity index (χ1) is 9.36. The van der Waals surface area contributed by atoms with Crippen LogP contribution in [0.25, 0.3) is 0 Å². The smallest absolute Gasteiger partial charge is 0.261 e. The van der Waals surface area contributed by atoms with E-state index in [4.69, 9.17) is 15.4 Å². The van der Waals surface area contributed by atoms with Crippen LogP contribution in [0.15, 0.2) is 35.5 Å². The van der Waals surface area contributed by atoms with Gasteiger partial charge in [-0.05, 0) is 36.2 Å². The highest BCUT2D eigenvalue weighted by molar-refractivity contribution is 8.13. The molecule has 2 rings (SSSR count). The molecule has 1 aromatic carbocycles. The number of benzene rings is 1. The minimum absolute atomic E-state index is 0.0799. The minimum atomic E-state index is -3.70. The van der Waals surface area contributed by atoms with Gasteiger partial charge in [0, 0.05) is 30.3 Å². The third kappa shape index (κ3) is 3.74. The molecule has 108 valence electrons. The Morgan fingerprint density at radius 2 is 2.15 bits per heavy atom. The maximum absolute atomic E-state index is 11.2. The van der Waals surface area contributed by atoms with Gasteiger partial charge in [0.2, 0.25) is 0 Å². The summed E-state index contributed by atoms with van der Waals surface area (Å²) in [7, 11) is 3.46. The summed E-state index contributed by atoms with van der Waals surface area (Å²) in [6, 6.07) is 4.56. The highest BCUT2D eigenvalue weighted by Gasteiger charge is 2.11. The van der Waals surface area contributed by atoms with Gasteiger partial charge in [0.05, 0.1) is 17.7 Å². The van der Waals surface area contributed by atoms with Gasteiger partial charge in [0.15, 0.2) is 0 Å². The quantitative estimate of drug-likeness (QED) is 0.794. The molecule has 0 aliphatic carbocycles. The maximum atomic E-state index is 11.2. The van der Waals surface area contributed by atoms with E-state index in [2.05, 4.69) is 5.10 Å². The molecule has 20 heavy (non-hydrogen) atoms. The molecule has 0 unspecified atom stereocenters. The van der Waals surface area contributed by atoms with E-state index >= 15 is 0 Å². The normalized spacial score (nSPS) is 11.6. The highest BCUT2D eigenvalue weighted by atomic mass is 35.7. The van der Waals surface area contributed by atoms with E-state index in [1.54, 1.807) is 23.9 Å². The van der Waals surface area contributed by atoms with Gasteiger partial charge < -0.3 is 4.74 Å². The van der Waals surface area contributed by atoms with E-state index in [1.807, 2.05) is 13.2 Å². The van der Waals surface area contributed by atoms with Crippen LogP contribution in [0.5, 0.6) is 5.75 Å². The standard InChI is InChI=1S/C13H15ClN2O3S/c1-10-7-12(20(14,17)18)3-4-13(10)19-6-5-11-8-15-16(2)9-11/h3-4,7-9H,5-6H2,1-2H3. The van der Waals surface area contributed by atoms with Crippen LogP contribution in [0.3, 0.4) is 0 Å². The molecule has 0 saturated carbocycles. The Bertz CT molecular complexity index is 710. The van der Waals surface area contributed by atoms with Crippen LogP contribution in [0.4, 0.5) is 0 Å². The van der Waals surface area contributed by atoms with Crippen LogP contribution in [0.2, 0.25) is 0 Å². The predicted molar refractivity (Wildman–Crippen MR) is 76.6 cm³/mol. The number of aromatic nitrogens is 2. The van der Waals surface area contributed by atoms with Crippen molar-refractivity contribution in [1.82, 2.24) is 9.78 Å². The molecule has 0 spiro atoms. The third-order valence-electron chi connectivity index (χ3n) is 2.83. The Labute approximate surface area is 122 Å². The van der Waals surface area contributed by atoms with E-state index in [0.717, 1.165) is 17.5 Å². The summed E-state index contributed by atoms with van der Waals surface area (Å²) in [5.41, 5.74) is 1.82. The zero-order chi connectivity index (χ0) is 14.8. The summed E-state index contributed by atoms with van der Waals surface area (Å²) in [5, 5.41) is 4.08. The summed E-state index contributed by atoms with van der Waals surface area (Å²) in [6.45, 7) is 2.28. The molecule has 0 fully saturated rings. The van der Waals surface area contributed by atoms with Gasteiger partial charge in [-0.25, -0.2) is 8.42 Å². The van der Waals surface area contributed by atoms with Crippen LogP contribution in [0, 0.1) is 6.92 Å². The Morgan fingerprint density at radius 1 is 1.40 bits per heavy atom. The van der Waals surface area contributed by atoms with Crippen molar-refractivity contribution in [2.75, 3.05) is 6.61 Å². The number of aryl methyl sites for hydroxylation is 2. The first kappa shape index (κ1) is 14.9. The van der Waals surface area contributed by atoms with Crippen molar-refractivity contribution < 1.29 is 13.2 Å². The predicted octanol–water partition coefficient (Wildman–Crippen LogP) is 2.28. The van der Waals surface area contributed by atoms with Gasteiger partial charge in [0.1, 0.15) is 5.75 Å². The van der Waals surface area contributed by atoms with Gasteiger partial charge in [-0.1, -0.05) is 0 Å². The molecule has 0 N–H and O–H groups in total. The minimum Gasteiger partial charge on any atom is -0.493 e. The first-order valence-electron chi connectivity index (χ1n) is 6.02. The molecule has 1 heterocycles. The third-order valence-corrected chi connectivity index (χ3v) is 4.19. The lowest BCUT2D eigenvalue weighted by atomic mass is 10.2. The van der Waals surface area contributed by atoms with Crippen LogP contribution in [-0.2, 0) is 22.5 Å². The zero-order valence-electron chi connectivity index (χ0n) is 11.2. The molecule has 0 aliphatic rings. The van der Waals surface area contributed by atoms with Gasteiger partial charge in [-0.2, -0.15) is 5.10 Å². The van der Waals surface area contributed by atoms with Crippen LogP contribution >= 0.6 is 10.7 Å². The molecular weight excluding hydrogens is 300 g/mol. The number of hydrogen-bond donors (Lipinski definition) is 0. The molecule has 7 heteroatoms. The summed E-state index contributed by atoms with van der Waals surface area (Å²) >= 11 is 0. The molecule has 0 aliphatic heterocycles. The van der Waals surface area contributed by atoms with E-state index in [9.17, 15) is 8.42 Å². The van der Waals surface area contributed by atoms with Crippen LogP contribution in [-0.4, -0.2) is 24.8 Å². The number of ether oxygens (including phenoxy) is 1. The first-order valence-corrected chi connectivity index (χ1v) is 8.33. The highest BCUT2D eigenvalue weighted by Crippen LogP contribution is 2.24. The molecule has 0 atom stereocenters. The largest absolute Gasteiger partial charge is 0.493 e. The van der Waals surface area contributed by atoms with Gasteiger partial charge >= 0.3 is 0 Å².